The van der Waals surface area contributed by atoms with Crippen LogP contribution in [0.2, 0.25) is 0 Å². The molecule has 0 radical (unpaired) electrons. The zero-order valence-electron chi connectivity index (χ0n) is 20.1. The molecule has 0 saturated carbocycles. The second-order valence-electron chi connectivity index (χ2n) is 7.80. The highest BCUT2D eigenvalue weighted by Gasteiger charge is 2.12. The first kappa shape index (κ1) is 24.4. The molecule has 0 spiro atoms. The van der Waals surface area contributed by atoms with Crippen LogP contribution in [0.15, 0.2) is 77.6 Å². The number of amides is 1. The van der Waals surface area contributed by atoms with Gasteiger partial charge < -0.3 is 19.5 Å². The summed E-state index contributed by atoms with van der Waals surface area (Å²) in [6.45, 7) is 6.02. The quantitative estimate of drug-likeness (QED) is 0.380. The van der Waals surface area contributed by atoms with Gasteiger partial charge in [-0.3, -0.25) is 14.7 Å². The summed E-state index contributed by atoms with van der Waals surface area (Å²) in [5.41, 5.74) is 1.79. The summed E-state index contributed by atoms with van der Waals surface area (Å²) in [6, 6.07) is 21.7. The number of nitrogens with one attached hydrogen (secondary N) is 2. The number of H-pyrrole nitrogens is 1. The largest absolute Gasteiger partial charge is 0.495 e. The fraction of sp³-hybridized carbons (Fsp3) is 0.143. The normalized spacial score (nSPS) is 11.2. The van der Waals surface area contributed by atoms with Crippen molar-refractivity contribution in [2.75, 3.05) is 25.6 Å². The van der Waals surface area contributed by atoms with Crippen LogP contribution in [-0.2, 0) is 4.79 Å². The number of carbonyl (C=O) groups excluding carboxylic acids is 1. The number of ether oxygens (including phenoxy) is 3. The maximum Gasteiger partial charge on any atom is 0.279 e. The van der Waals surface area contributed by atoms with E-state index in [1.54, 1.807) is 42.5 Å². The lowest BCUT2D eigenvalue weighted by molar-refractivity contribution is -0.118. The molecule has 8 nitrogen and oxygen atoms in total. The minimum absolute atomic E-state index is 0.211. The maximum absolute atomic E-state index is 13.0. The van der Waals surface area contributed by atoms with Crippen molar-refractivity contribution in [1.82, 2.24) is 9.78 Å². The van der Waals surface area contributed by atoms with E-state index in [1.807, 2.05) is 43.3 Å². The van der Waals surface area contributed by atoms with Gasteiger partial charge in [0, 0.05) is 0 Å². The van der Waals surface area contributed by atoms with Gasteiger partial charge in [0.2, 0.25) is 0 Å². The van der Waals surface area contributed by atoms with Crippen molar-refractivity contribution in [2.45, 2.75) is 6.92 Å². The van der Waals surface area contributed by atoms with Crippen molar-refractivity contribution in [3.05, 3.63) is 99.3 Å². The molecule has 0 fully saturated rings. The third kappa shape index (κ3) is 5.50. The van der Waals surface area contributed by atoms with Crippen molar-refractivity contribution in [2.24, 2.45) is 0 Å². The van der Waals surface area contributed by atoms with Crippen molar-refractivity contribution >= 4 is 24.2 Å². The fourth-order valence-electron chi connectivity index (χ4n) is 3.65. The lowest BCUT2D eigenvalue weighted by Gasteiger charge is -2.13. The Hall–Kier alpha value is -4.72. The van der Waals surface area contributed by atoms with Crippen LogP contribution < -0.4 is 35.7 Å². The van der Waals surface area contributed by atoms with E-state index in [0.29, 0.717) is 40.1 Å². The van der Waals surface area contributed by atoms with Gasteiger partial charge in [-0.05, 0) is 55.0 Å². The summed E-state index contributed by atoms with van der Waals surface area (Å²) in [4.78, 5) is 25.4. The monoisotopic (exact) mass is 485 g/mol. The molecular weight excluding hydrogens is 458 g/mol. The number of aromatic amines is 1. The Bertz CT molecular complexity index is 1520. The number of rotatable bonds is 9. The van der Waals surface area contributed by atoms with Gasteiger partial charge in [-0.25, -0.2) is 4.68 Å². The number of para-hydroxylation sites is 3. The Kier molecular flexibility index (Phi) is 7.55. The van der Waals surface area contributed by atoms with E-state index in [-0.39, 0.29) is 18.1 Å². The lowest BCUT2D eigenvalue weighted by Crippen LogP contribution is -2.33. The minimum Gasteiger partial charge on any atom is -0.495 e. The van der Waals surface area contributed by atoms with Crippen LogP contribution in [0.3, 0.4) is 0 Å². The van der Waals surface area contributed by atoms with Gasteiger partial charge in [-0.1, -0.05) is 43.0 Å². The second-order valence-corrected chi connectivity index (χ2v) is 7.80. The molecule has 0 atom stereocenters. The smallest absolute Gasteiger partial charge is 0.279 e. The minimum atomic E-state index is -0.340. The van der Waals surface area contributed by atoms with Crippen molar-refractivity contribution in [1.29, 1.82) is 0 Å². The number of hydrogen-bond acceptors (Lipinski definition) is 5. The third-order valence-corrected chi connectivity index (χ3v) is 5.34. The number of anilines is 1. The Morgan fingerprint density at radius 1 is 1.00 bits per heavy atom. The van der Waals surface area contributed by atoms with Crippen LogP contribution in [0.1, 0.15) is 12.5 Å². The molecule has 0 saturated heterocycles. The van der Waals surface area contributed by atoms with E-state index < -0.39 is 0 Å². The van der Waals surface area contributed by atoms with Gasteiger partial charge in [0.05, 0.1) is 35.7 Å². The molecule has 0 aliphatic carbocycles. The number of benzene rings is 3. The van der Waals surface area contributed by atoms with Crippen molar-refractivity contribution in [3.8, 4) is 22.9 Å². The summed E-state index contributed by atoms with van der Waals surface area (Å²) in [5, 5.41) is 6.72. The van der Waals surface area contributed by atoms with E-state index in [9.17, 15) is 9.59 Å². The molecule has 2 N–H and O–H groups in total. The molecule has 36 heavy (non-hydrogen) atoms. The predicted octanol–water partition coefficient (Wildman–Crippen LogP) is 2.83. The average Bonchev–Trinajstić information content (AvgIpc) is 3.17. The van der Waals surface area contributed by atoms with Gasteiger partial charge in [0.25, 0.3) is 11.5 Å². The molecule has 1 aromatic heterocycles. The number of nitrogens with zero attached hydrogens (tertiary/aromatic N) is 1. The highest BCUT2D eigenvalue weighted by atomic mass is 16.5. The molecule has 1 amide bonds. The molecular formula is C28H27N3O5. The molecule has 4 rings (SSSR count). The molecule has 0 aliphatic heterocycles. The number of carbonyl (C=O) groups is 1. The molecule has 0 aliphatic rings. The molecule has 0 bridgehead atoms. The summed E-state index contributed by atoms with van der Waals surface area (Å²) >= 11 is 0. The zero-order valence-corrected chi connectivity index (χ0v) is 20.1. The van der Waals surface area contributed by atoms with Crippen LogP contribution in [0.5, 0.6) is 17.2 Å². The Balaban J connectivity index is 1.55. The second kappa shape index (κ2) is 11.1. The molecule has 184 valence electrons. The first-order valence-electron chi connectivity index (χ1n) is 11.4. The van der Waals surface area contributed by atoms with Crippen LogP contribution in [-0.4, -0.2) is 36.0 Å². The summed E-state index contributed by atoms with van der Waals surface area (Å²) in [5.74, 6) is 1.09. The van der Waals surface area contributed by atoms with Crippen LogP contribution in [0.4, 0.5) is 5.69 Å². The van der Waals surface area contributed by atoms with E-state index in [2.05, 4.69) is 17.0 Å². The highest BCUT2D eigenvalue weighted by Crippen LogP contribution is 2.29. The molecule has 8 heteroatoms. The standard InChI is InChI=1S/C28H27N3O5/c1-4-35-26-17-20(16-22-19(2)30-31(28(22)33)21-10-6-5-7-11-21)14-15-25(26)36-18-27(32)29-23-12-8-9-13-24(23)34-3/h5-17,30H,2,4,18H2,1,3H3,(H,29,32)/b22-16-. The van der Waals surface area contributed by atoms with Crippen LogP contribution in [0, 0.1) is 0 Å². The predicted molar refractivity (Wildman–Crippen MR) is 139 cm³/mol. The van der Waals surface area contributed by atoms with E-state index >= 15 is 0 Å². The van der Waals surface area contributed by atoms with Gasteiger partial charge >= 0.3 is 0 Å². The van der Waals surface area contributed by atoms with Gasteiger partial charge in [0.15, 0.2) is 18.1 Å². The summed E-state index contributed by atoms with van der Waals surface area (Å²) in [6.07, 6.45) is 1.74. The van der Waals surface area contributed by atoms with Gasteiger partial charge in [-0.2, -0.15) is 0 Å². The number of methoxy groups -OCH3 is 1. The van der Waals surface area contributed by atoms with E-state index in [4.69, 9.17) is 14.2 Å². The Morgan fingerprint density at radius 3 is 2.50 bits per heavy atom. The molecule has 3 aromatic carbocycles. The Labute approximate surface area is 208 Å². The molecule has 1 heterocycles. The number of hydrogen-bond donors (Lipinski definition) is 2. The molecule has 4 aromatic rings. The highest BCUT2D eigenvalue weighted by molar-refractivity contribution is 5.93. The fourth-order valence-corrected chi connectivity index (χ4v) is 3.65. The van der Waals surface area contributed by atoms with Crippen molar-refractivity contribution < 1.29 is 19.0 Å². The van der Waals surface area contributed by atoms with Crippen molar-refractivity contribution in [3.63, 3.8) is 0 Å². The number of aromatic nitrogens is 2. The first-order valence-corrected chi connectivity index (χ1v) is 11.4. The van der Waals surface area contributed by atoms with Crippen LogP contribution >= 0.6 is 0 Å². The average molecular weight is 486 g/mol. The topological polar surface area (TPSA) is 94.6 Å². The maximum atomic E-state index is 13.0. The van der Waals surface area contributed by atoms with Crippen LogP contribution in [0.25, 0.3) is 18.3 Å². The Morgan fingerprint density at radius 2 is 1.75 bits per heavy atom. The summed E-state index contributed by atoms with van der Waals surface area (Å²) in [7, 11) is 1.54. The molecule has 0 unspecified atom stereocenters. The third-order valence-electron chi connectivity index (χ3n) is 5.34. The van der Waals surface area contributed by atoms with Gasteiger partial charge in [-0.15, -0.1) is 0 Å². The lowest BCUT2D eigenvalue weighted by atomic mass is 10.1. The summed E-state index contributed by atoms with van der Waals surface area (Å²) < 4.78 is 18.2. The van der Waals surface area contributed by atoms with Gasteiger partial charge in [0.1, 0.15) is 5.75 Å². The first-order chi connectivity index (χ1) is 17.5. The van der Waals surface area contributed by atoms with E-state index in [1.165, 1.54) is 11.8 Å². The SMILES string of the molecule is C=c1[nH]n(-c2ccccc2)c(=O)/c1=C\c1ccc(OCC(=O)Nc2ccccc2OC)c(OCC)c1. The van der Waals surface area contributed by atoms with E-state index in [0.717, 1.165) is 11.3 Å². The zero-order chi connectivity index (χ0) is 25.5.